The van der Waals surface area contributed by atoms with Gasteiger partial charge in [-0.2, -0.15) is 0 Å². The van der Waals surface area contributed by atoms with Gasteiger partial charge in [-0.3, -0.25) is 9.59 Å². The van der Waals surface area contributed by atoms with Gasteiger partial charge < -0.3 is 20.6 Å². The average molecular weight is 295 g/mol. The average Bonchev–Trinajstić information content (AvgIpc) is 2.39. The van der Waals surface area contributed by atoms with Crippen molar-refractivity contribution in [2.75, 3.05) is 0 Å². The molecule has 21 heavy (non-hydrogen) atoms. The fraction of sp³-hybridized carbons (Fsp3) is 0.357. The molecule has 4 N–H and O–H groups in total. The monoisotopic (exact) mass is 295 g/mol. The second kappa shape index (κ2) is 7.28. The molecule has 0 fully saturated rings. The third-order valence-corrected chi connectivity index (χ3v) is 2.88. The van der Waals surface area contributed by atoms with Crippen LogP contribution in [-0.2, 0) is 9.59 Å². The number of nitrogens with one attached hydrogen (secondary N) is 1. The zero-order valence-corrected chi connectivity index (χ0v) is 11.5. The minimum atomic E-state index is -1.25. The number of carbonyl (C=O) groups excluding carboxylic acids is 1. The molecule has 1 amide bonds. The summed E-state index contributed by atoms with van der Waals surface area (Å²) in [6, 6.07) is 3.22. The lowest BCUT2D eigenvalue weighted by molar-refractivity contribution is -0.140. The van der Waals surface area contributed by atoms with E-state index >= 15 is 0 Å². The van der Waals surface area contributed by atoms with Gasteiger partial charge in [0.1, 0.15) is 11.8 Å². The molecule has 0 unspecified atom stereocenters. The number of hydrogen-bond acceptors (Lipinski definition) is 4. The van der Waals surface area contributed by atoms with E-state index in [1.807, 2.05) is 0 Å². The van der Waals surface area contributed by atoms with Crippen molar-refractivity contribution in [1.29, 1.82) is 0 Å². The van der Waals surface area contributed by atoms with Gasteiger partial charge in [0.25, 0.3) is 5.91 Å². The lowest BCUT2D eigenvalue weighted by Gasteiger charge is -2.14. The number of hydrogen-bond donors (Lipinski definition) is 4. The molecule has 0 aliphatic carbocycles. The maximum Gasteiger partial charge on any atom is 0.326 e. The van der Waals surface area contributed by atoms with E-state index in [1.54, 1.807) is 13.0 Å². The van der Waals surface area contributed by atoms with Gasteiger partial charge in [0.2, 0.25) is 0 Å². The molecule has 0 spiro atoms. The van der Waals surface area contributed by atoms with Crippen molar-refractivity contribution >= 4 is 17.8 Å². The molecule has 0 saturated carbocycles. The quantitative estimate of drug-likeness (QED) is 0.598. The number of aliphatic carboxylic acids is 2. The van der Waals surface area contributed by atoms with Gasteiger partial charge >= 0.3 is 11.9 Å². The number of phenolic OH excluding ortho intramolecular Hbond substituents is 1. The van der Waals surface area contributed by atoms with Gasteiger partial charge in [-0.1, -0.05) is 11.6 Å². The minimum absolute atomic E-state index is 0.0000487. The fourth-order valence-corrected chi connectivity index (χ4v) is 1.78. The largest absolute Gasteiger partial charge is 0.507 e. The number of benzene rings is 1. The molecule has 1 aromatic carbocycles. The van der Waals surface area contributed by atoms with Crippen LogP contribution in [0, 0.1) is 6.92 Å². The zero-order chi connectivity index (χ0) is 16.0. The normalized spacial score (nSPS) is 11.7. The molecule has 7 heteroatoms. The van der Waals surface area contributed by atoms with Crippen molar-refractivity contribution in [2.24, 2.45) is 0 Å². The van der Waals surface area contributed by atoms with Crippen LogP contribution in [-0.4, -0.2) is 39.2 Å². The number of amides is 1. The van der Waals surface area contributed by atoms with E-state index in [9.17, 15) is 19.5 Å². The van der Waals surface area contributed by atoms with Crippen LogP contribution in [0.25, 0.3) is 0 Å². The molecular weight excluding hydrogens is 278 g/mol. The molecule has 1 atom stereocenters. The summed E-state index contributed by atoms with van der Waals surface area (Å²) in [6.45, 7) is 1.73. The van der Waals surface area contributed by atoms with Crippen LogP contribution in [0.2, 0.25) is 0 Å². The predicted octanol–water partition coefficient (Wildman–Crippen LogP) is 1.14. The van der Waals surface area contributed by atoms with Crippen LogP contribution < -0.4 is 5.32 Å². The van der Waals surface area contributed by atoms with Gasteiger partial charge in [-0.25, -0.2) is 4.79 Å². The molecule has 1 aromatic rings. The fourth-order valence-electron chi connectivity index (χ4n) is 1.78. The Balaban J connectivity index is 2.74. The van der Waals surface area contributed by atoms with Crippen LogP contribution in [0.1, 0.15) is 35.2 Å². The Hall–Kier alpha value is -2.57. The van der Waals surface area contributed by atoms with Gasteiger partial charge in [-0.05, 0) is 31.9 Å². The Morgan fingerprint density at radius 1 is 1.24 bits per heavy atom. The predicted molar refractivity (Wildman–Crippen MR) is 73.2 cm³/mol. The van der Waals surface area contributed by atoms with E-state index in [0.29, 0.717) is 0 Å². The van der Waals surface area contributed by atoms with E-state index in [4.69, 9.17) is 10.2 Å². The first-order valence-electron chi connectivity index (χ1n) is 6.36. The molecule has 0 aliphatic rings. The first-order chi connectivity index (χ1) is 9.81. The highest BCUT2D eigenvalue weighted by atomic mass is 16.4. The Labute approximate surface area is 121 Å². The van der Waals surface area contributed by atoms with E-state index < -0.39 is 23.9 Å². The molecule has 0 heterocycles. The second-order valence-corrected chi connectivity index (χ2v) is 4.67. The van der Waals surface area contributed by atoms with E-state index in [2.05, 4.69) is 5.32 Å². The molecule has 0 radical (unpaired) electrons. The maximum atomic E-state index is 12.0. The number of carboxylic acid groups (broad SMARTS) is 2. The van der Waals surface area contributed by atoms with E-state index in [0.717, 1.165) is 5.56 Å². The minimum Gasteiger partial charge on any atom is -0.507 e. The zero-order valence-electron chi connectivity index (χ0n) is 11.5. The Morgan fingerprint density at radius 3 is 2.48 bits per heavy atom. The highest BCUT2D eigenvalue weighted by molar-refractivity contribution is 5.99. The van der Waals surface area contributed by atoms with Crippen LogP contribution >= 0.6 is 0 Å². The smallest absolute Gasteiger partial charge is 0.326 e. The Morgan fingerprint density at radius 2 is 1.90 bits per heavy atom. The van der Waals surface area contributed by atoms with Gasteiger partial charge in [0.05, 0.1) is 5.56 Å². The second-order valence-electron chi connectivity index (χ2n) is 4.67. The standard InChI is InChI=1S/C14H17NO6/c1-8-5-6-11(16)9(7-8)13(19)15-10(14(20)21)3-2-4-12(17)18/h5-7,10,16H,2-4H2,1H3,(H,15,19)(H,17,18)(H,20,21)/t10-/m1/s1. The van der Waals surface area contributed by atoms with Crippen molar-refractivity contribution in [2.45, 2.75) is 32.2 Å². The molecule has 0 bridgehead atoms. The first kappa shape index (κ1) is 16.5. The molecule has 0 aromatic heterocycles. The van der Waals surface area contributed by atoms with Crippen molar-refractivity contribution in [3.63, 3.8) is 0 Å². The number of aromatic hydroxyl groups is 1. The summed E-state index contributed by atoms with van der Waals surface area (Å²) in [5.74, 6) is -3.23. The summed E-state index contributed by atoms with van der Waals surface area (Å²) in [7, 11) is 0. The molecule has 7 nitrogen and oxygen atoms in total. The molecule has 0 saturated heterocycles. The summed E-state index contributed by atoms with van der Waals surface area (Å²) < 4.78 is 0. The number of rotatable bonds is 7. The number of phenols is 1. The van der Waals surface area contributed by atoms with Crippen molar-refractivity contribution in [3.05, 3.63) is 29.3 Å². The number of aryl methyl sites for hydroxylation is 1. The van der Waals surface area contributed by atoms with Crippen LogP contribution in [0.4, 0.5) is 0 Å². The van der Waals surface area contributed by atoms with Gasteiger partial charge in [0, 0.05) is 6.42 Å². The molecule has 114 valence electrons. The summed E-state index contributed by atoms with van der Waals surface area (Å²) in [4.78, 5) is 33.5. The summed E-state index contributed by atoms with van der Waals surface area (Å²) in [5, 5.41) is 29.5. The van der Waals surface area contributed by atoms with Crippen molar-refractivity contribution in [1.82, 2.24) is 5.32 Å². The third kappa shape index (κ3) is 5.13. The van der Waals surface area contributed by atoms with Crippen molar-refractivity contribution in [3.8, 4) is 5.75 Å². The Kier molecular flexibility index (Phi) is 5.71. The SMILES string of the molecule is Cc1ccc(O)c(C(=O)N[C@H](CCCC(=O)O)C(=O)O)c1. The van der Waals surface area contributed by atoms with Crippen LogP contribution in [0.3, 0.4) is 0 Å². The maximum absolute atomic E-state index is 12.0. The number of carboxylic acids is 2. The Bertz CT molecular complexity index is 554. The van der Waals surface area contributed by atoms with Crippen LogP contribution in [0.5, 0.6) is 5.75 Å². The van der Waals surface area contributed by atoms with Gasteiger partial charge in [0.15, 0.2) is 0 Å². The highest BCUT2D eigenvalue weighted by Gasteiger charge is 2.22. The molecule has 1 rings (SSSR count). The summed E-state index contributed by atoms with van der Waals surface area (Å²) >= 11 is 0. The molecule has 0 aliphatic heterocycles. The summed E-state index contributed by atoms with van der Waals surface area (Å²) in [5.41, 5.74) is 0.732. The molecular formula is C14H17NO6. The van der Waals surface area contributed by atoms with E-state index in [-0.39, 0.29) is 30.6 Å². The third-order valence-electron chi connectivity index (χ3n) is 2.88. The lowest BCUT2D eigenvalue weighted by Crippen LogP contribution is -2.40. The number of carbonyl (C=O) groups is 3. The van der Waals surface area contributed by atoms with E-state index in [1.165, 1.54) is 12.1 Å². The van der Waals surface area contributed by atoms with Crippen LogP contribution in [0.15, 0.2) is 18.2 Å². The van der Waals surface area contributed by atoms with Gasteiger partial charge in [-0.15, -0.1) is 0 Å². The lowest BCUT2D eigenvalue weighted by atomic mass is 10.1. The highest BCUT2D eigenvalue weighted by Crippen LogP contribution is 2.18. The first-order valence-corrected chi connectivity index (χ1v) is 6.36. The van der Waals surface area contributed by atoms with Crippen molar-refractivity contribution < 1.29 is 29.7 Å². The summed E-state index contributed by atoms with van der Waals surface area (Å²) in [6.07, 6.45) is -0.0400. The topological polar surface area (TPSA) is 124 Å².